The molecule has 0 spiro atoms. The first-order chi connectivity index (χ1) is 15.2. The van der Waals surface area contributed by atoms with Gasteiger partial charge in [-0.05, 0) is 28.7 Å². The van der Waals surface area contributed by atoms with E-state index in [1.807, 2.05) is 0 Å². The first-order valence-corrected chi connectivity index (χ1v) is 10.9. The lowest BCUT2D eigenvalue weighted by atomic mass is 9.80. The number of methoxy groups -OCH3 is 4. The number of hydrogen-bond acceptors (Lipinski definition) is 4. The molecule has 2 aliphatic rings. The van der Waals surface area contributed by atoms with Crippen LogP contribution in [0.3, 0.4) is 0 Å². The molecule has 4 rings (SSSR count). The minimum absolute atomic E-state index is 0.236. The van der Waals surface area contributed by atoms with E-state index < -0.39 is 0 Å². The van der Waals surface area contributed by atoms with E-state index in [1.165, 1.54) is 33.4 Å². The lowest BCUT2D eigenvalue weighted by molar-refractivity contribution is -0.101. The molecule has 0 aromatic heterocycles. The summed E-state index contributed by atoms with van der Waals surface area (Å²) in [6, 6.07) is 17.4. The first-order valence-electron chi connectivity index (χ1n) is 10.9. The molecule has 0 aliphatic heterocycles. The maximum atomic E-state index is 5.53. The van der Waals surface area contributed by atoms with Gasteiger partial charge in [0.2, 0.25) is 0 Å². The van der Waals surface area contributed by atoms with Crippen LogP contribution in [0.25, 0.3) is 12.2 Å². The second kappa shape index (κ2) is 9.92. The van der Waals surface area contributed by atoms with Crippen LogP contribution >= 0.6 is 0 Å². The van der Waals surface area contributed by atoms with E-state index in [2.05, 4.69) is 60.7 Å². The van der Waals surface area contributed by atoms with Crippen LogP contribution in [-0.2, 0) is 18.9 Å². The van der Waals surface area contributed by atoms with Crippen molar-refractivity contribution in [1.29, 1.82) is 0 Å². The lowest BCUT2D eigenvalue weighted by Gasteiger charge is -2.26. The van der Waals surface area contributed by atoms with Gasteiger partial charge >= 0.3 is 0 Å². The highest BCUT2D eigenvalue weighted by Gasteiger charge is 2.34. The molecular formula is C27H32O4. The summed E-state index contributed by atoms with van der Waals surface area (Å²) < 4.78 is 22.1. The van der Waals surface area contributed by atoms with Gasteiger partial charge in [0, 0.05) is 53.1 Å². The molecule has 4 heteroatoms. The third-order valence-electron chi connectivity index (χ3n) is 6.65. The molecule has 0 N–H and O–H groups in total. The number of benzene rings is 2. The number of hydrogen-bond donors (Lipinski definition) is 0. The predicted molar refractivity (Wildman–Crippen MR) is 124 cm³/mol. The molecule has 2 aliphatic carbocycles. The third-order valence-corrected chi connectivity index (χ3v) is 6.65. The van der Waals surface area contributed by atoms with E-state index in [0.717, 1.165) is 19.3 Å². The number of ether oxygens (including phenoxy) is 4. The molecule has 0 fully saturated rings. The third kappa shape index (κ3) is 4.53. The summed E-state index contributed by atoms with van der Waals surface area (Å²) in [6.07, 6.45) is 6.70. The molecule has 4 nitrogen and oxygen atoms in total. The molecule has 31 heavy (non-hydrogen) atoms. The summed E-state index contributed by atoms with van der Waals surface area (Å²) in [4.78, 5) is 0. The van der Waals surface area contributed by atoms with Crippen LogP contribution in [0.1, 0.15) is 53.4 Å². The Balaban J connectivity index is 1.65. The van der Waals surface area contributed by atoms with Gasteiger partial charge in [0.15, 0.2) is 12.6 Å². The van der Waals surface area contributed by atoms with Crippen molar-refractivity contribution in [3.8, 4) is 0 Å². The quantitative estimate of drug-likeness (QED) is 0.458. The summed E-state index contributed by atoms with van der Waals surface area (Å²) >= 11 is 0. The van der Waals surface area contributed by atoms with Crippen molar-refractivity contribution >= 4 is 12.2 Å². The molecule has 0 amide bonds. The van der Waals surface area contributed by atoms with Gasteiger partial charge in [0.1, 0.15) is 0 Å². The van der Waals surface area contributed by atoms with E-state index in [9.17, 15) is 0 Å². The van der Waals surface area contributed by atoms with Crippen LogP contribution in [0.2, 0.25) is 0 Å². The molecular weight excluding hydrogens is 388 g/mol. The van der Waals surface area contributed by atoms with Gasteiger partial charge in [0.25, 0.3) is 0 Å². The van der Waals surface area contributed by atoms with Crippen molar-refractivity contribution < 1.29 is 18.9 Å². The highest BCUT2D eigenvalue weighted by molar-refractivity contribution is 5.69. The molecule has 2 atom stereocenters. The molecule has 2 aromatic rings. The minimum Gasteiger partial charge on any atom is -0.356 e. The van der Waals surface area contributed by atoms with Gasteiger partial charge in [-0.15, -0.1) is 0 Å². The fourth-order valence-corrected chi connectivity index (χ4v) is 5.02. The Kier molecular flexibility index (Phi) is 7.03. The van der Waals surface area contributed by atoms with Gasteiger partial charge in [-0.2, -0.15) is 0 Å². The lowest BCUT2D eigenvalue weighted by Crippen LogP contribution is -2.18. The van der Waals surface area contributed by atoms with Crippen LogP contribution in [0, 0.1) is 0 Å². The smallest absolute Gasteiger partial charge is 0.160 e. The van der Waals surface area contributed by atoms with Gasteiger partial charge in [0.05, 0.1) is 0 Å². The van der Waals surface area contributed by atoms with Crippen LogP contribution < -0.4 is 0 Å². The van der Waals surface area contributed by atoms with E-state index >= 15 is 0 Å². The van der Waals surface area contributed by atoms with Crippen molar-refractivity contribution in [3.63, 3.8) is 0 Å². The van der Waals surface area contributed by atoms with Crippen molar-refractivity contribution in [3.05, 3.63) is 81.9 Å². The van der Waals surface area contributed by atoms with E-state index in [0.29, 0.717) is 11.8 Å². The van der Waals surface area contributed by atoms with Gasteiger partial charge in [-0.25, -0.2) is 0 Å². The summed E-state index contributed by atoms with van der Waals surface area (Å²) in [6.45, 7) is 0. The standard InChI is InChI=1S/C27H32O4/c1-28-26(29-2)15-20-13-18-9-5-7-11-22(18)24(20)17-25-21(16-27(30-3)31-4)14-19-10-6-8-12-23(19)25/h5-14,24-27H,15-17H2,1-4H3. The summed E-state index contributed by atoms with van der Waals surface area (Å²) in [7, 11) is 6.82. The van der Waals surface area contributed by atoms with Gasteiger partial charge in [-0.3, -0.25) is 0 Å². The molecule has 0 saturated heterocycles. The average Bonchev–Trinajstić information content (AvgIpc) is 3.33. The fourth-order valence-electron chi connectivity index (χ4n) is 5.02. The van der Waals surface area contributed by atoms with Crippen molar-refractivity contribution in [1.82, 2.24) is 0 Å². The normalized spacial score (nSPS) is 19.5. The maximum Gasteiger partial charge on any atom is 0.160 e. The van der Waals surface area contributed by atoms with Crippen molar-refractivity contribution in [2.45, 2.75) is 43.7 Å². The highest BCUT2D eigenvalue weighted by Crippen LogP contribution is 2.49. The fraction of sp³-hybridized carbons (Fsp3) is 0.407. The number of rotatable bonds is 10. The number of fused-ring (bicyclic) bond motifs is 2. The second-order valence-electron chi connectivity index (χ2n) is 8.25. The maximum absolute atomic E-state index is 5.53. The zero-order valence-corrected chi connectivity index (χ0v) is 18.8. The predicted octanol–water partition coefficient (Wildman–Crippen LogP) is 5.76. The van der Waals surface area contributed by atoms with Crippen LogP contribution in [0.5, 0.6) is 0 Å². The minimum atomic E-state index is -0.236. The molecule has 2 unspecified atom stereocenters. The monoisotopic (exact) mass is 420 g/mol. The largest absolute Gasteiger partial charge is 0.356 e. The summed E-state index contributed by atoms with van der Waals surface area (Å²) in [5, 5.41) is 0. The van der Waals surface area contributed by atoms with Crippen molar-refractivity contribution in [2.75, 3.05) is 28.4 Å². The Bertz CT molecular complexity index is 876. The Labute approximate surface area is 185 Å². The molecule has 0 radical (unpaired) electrons. The average molecular weight is 421 g/mol. The molecule has 0 bridgehead atoms. The van der Waals surface area contributed by atoms with Crippen LogP contribution in [0.15, 0.2) is 59.7 Å². The van der Waals surface area contributed by atoms with E-state index in [-0.39, 0.29) is 12.6 Å². The molecule has 164 valence electrons. The molecule has 0 saturated carbocycles. The summed E-state index contributed by atoms with van der Waals surface area (Å²) in [5.74, 6) is 0.652. The summed E-state index contributed by atoms with van der Waals surface area (Å²) in [5.41, 5.74) is 8.13. The van der Waals surface area contributed by atoms with Crippen molar-refractivity contribution in [2.24, 2.45) is 0 Å². The van der Waals surface area contributed by atoms with Crippen LogP contribution in [0.4, 0.5) is 0 Å². The van der Waals surface area contributed by atoms with E-state index in [1.54, 1.807) is 28.4 Å². The Morgan fingerprint density at radius 1 is 0.613 bits per heavy atom. The Morgan fingerprint density at radius 3 is 1.39 bits per heavy atom. The second-order valence-corrected chi connectivity index (χ2v) is 8.25. The molecule has 2 aromatic carbocycles. The highest BCUT2D eigenvalue weighted by atomic mass is 16.7. The topological polar surface area (TPSA) is 36.9 Å². The SMILES string of the molecule is COC(CC1=Cc2ccccc2C1CC1C(CC(OC)OC)=Cc2ccccc21)OC. The van der Waals surface area contributed by atoms with Gasteiger partial charge < -0.3 is 18.9 Å². The Hall–Kier alpha value is -2.24. The van der Waals surface area contributed by atoms with Crippen LogP contribution in [-0.4, -0.2) is 41.0 Å². The molecule has 0 heterocycles. The zero-order chi connectivity index (χ0) is 21.8. The van der Waals surface area contributed by atoms with Gasteiger partial charge in [-0.1, -0.05) is 71.8 Å². The zero-order valence-electron chi connectivity index (χ0n) is 18.8. The first kappa shape index (κ1) is 22.0. The van der Waals surface area contributed by atoms with E-state index in [4.69, 9.17) is 18.9 Å². The Morgan fingerprint density at radius 2 is 1.00 bits per heavy atom.